The van der Waals surface area contributed by atoms with Crippen molar-refractivity contribution in [2.75, 3.05) is 20.1 Å². The highest BCUT2D eigenvalue weighted by Crippen LogP contribution is 2.38. The first-order valence-corrected chi connectivity index (χ1v) is 13.3. The molecule has 1 amide bonds. The summed E-state index contributed by atoms with van der Waals surface area (Å²) in [6.45, 7) is 0.801. The Kier molecular flexibility index (Phi) is 7.54. The molecule has 1 unspecified atom stereocenters. The maximum atomic E-state index is 13.4. The van der Waals surface area contributed by atoms with Gasteiger partial charge in [-0.15, -0.1) is 0 Å². The van der Waals surface area contributed by atoms with Gasteiger partial charge in [-0.05, 0) is 62.9 Å². The van der Waals surface area contributed by atoms with Crippen LogP contribution < -0.4 is 5.32 Å². The second kappa shape index (κ2) is 10.3. The number of likely N-dealkylation sites (tertiary alicyclic amines) is 1. The van der Waals surface area contributed by atoms with E-state index in [2.05, 4.69) is 5.32 Å². The zero-order chi connectivity index (χ0) is 25.2. The summed E-state index contributed by atoms with van der Waals surface area (Å²) in [5.41, 5.74) is 0.0634. The summed E-state index contributed by atoms with van der Waals surface area (Å²) in [4.78, 5) is 14.5. The fourth-order valence-electron chi connectivity index (χ4n) is 4.70. The number of rotatable bonds is 8. The molecule has 2 aromatic rings. The van der Waals surface area contributed by atoms with Gasteiger partial charge in [0.15, 0.2) is 0 Å². The van der Waals surface area contributed by atoms with E-state index in [4.69, 9.17) is 0 Å². The number of likely N-dealkylation sites (N-methyl/N-ethyl adjacent to an activating group) is 1. The number of nitrogens with zero attached hydrogens (tertiary/aromatic N) is 2. The smallest absolute Gasteiger partial charge is 0.341 e. The maximum absolute atomic E-state index is 13.4. The minimum Gasteiger partial charge on any atom is -0.341 e. The van der Waals surface area contributed by atoms with Crippen LogP contribution in [0.3, 0.4) is 0 Å². The van der Waals surface area contributed by atoms with E-state index >= 15 is 0 Å². The predicted molar refractivity (Wildman–Crippen MR) is 126 cm³/mol. The number of carbonyl (C=O) groups excluding carboxylic acids is 1. The lowest BCUT2D eigenvalue weighted by Crippen LogP contribution is -2.53. The summed E-state index contributed by atoms with van der Waals surface area (Å²) in [5, 5.41) is 3.08. The molecule has 2 aliphatic rings. The van der Waals surface area contributed by atoms with Crippen LogP contribution in [0, 0.1) is 0 Å². The van der Waals surface area contributed by atoms with Gasteiger partial charge in [0.05, 0.1) is 16.5 Å². The number of nitrogens with one attached hydrogen (secondary N) is 1. The molecule has 10 heteroatoms. The van der Waals surface area contributed by atoms with Gasteiger partial charge in [-0.25, -0.2) is 8.42 Å². The molecular weight excluding hydrogens is 479 g/mol. The number of benzene rings is 2. The average Bonchev–Trinajstić information content (AvgIpc) is 3.68. The fourth-order valence-corrected chi connectivity index (χ4v) is 6.67. The van der Waals surface area contributed by atoms with E-state index in [9.17, 15) is 26.4 Å². The van der Waals surface area contributed by atoms with Gasteiger partial charge < -0.3 is 10.2 Å². The maximum Gasteiger partial charge on any atom is 0.416 e. The lowest BCUT2D eigenvalue weighted by molar-refractivity contribution is -0.137. The van der Waals surface area contributed by atoms with Crippen molar-refractivity contribution in [3.8, 4) is 0 Å². The third-order valence-electron chi connectivity index (χ3n) is 6.71. The molecule has 0 radical (unpaired) electrons. The monoisotopic (exact) mass is 509 g/mol. The highest BCUT2D eigenvalue weighted by Gasteiger charge is 2.44. The molecule has 1 heterocycles. The largest absolute Gasteiger partial charge is 0.416 e. The van der Waals surface area contributed by atoms with Crippen LogP contribution in [0.4, 0.5) is 13.2 Å². The molecule has 1 atom stereocenters. The second-order valence-electron chi connectivity index (χ2n) is 9.18. The second-order valence-corrected chi connectivity index (χ2v) is 11.0. The molecule has 1 aliphatic carbocycles. The number of sulfonamides is 1. The van der Waals surface area contributed by atoms with Crippen molar-refractivity contribution in [2.45, 2.75) is 61.3 Å². The Morgan fingerprint density at radius 2 is 1.66 bits per heavy atom. The van der Waals surface area contributed by atoms with E-state index in [1.807, 2.05) is 30.3 Å². The van der Waals surface area contributed by atoms with E-state index in [0.29, 0.717) is 51.3 Å². The summed E-state index contributed by atoms with van der Waals surface area (Å²) >= 11 is 0. The van der Waals surface area contributed by atoms with Gasteiger partial charge in [0.1, 0.15) is 0 Å². The van der Waals surface area contributed by atoms with Gasteiger partial charge in [-0.1, -0.05) is 36.4 Å². The number of amides is 1. The highest BCUT2D eigenvalue weighted by atomic mass is 32.2. The Labute approximate surface area is 204 Å². The Balaban J connectivity index is 1.46. The molecule has 35 heavy (non-hydrogen) atoms. The van der Waals surface area contributed by atoms with E-state index < -0.39 is 21.8 Å². The van der Waals surface area contributed by atoms with Crippen molar-refractivity contribution in [1.82, 2.24) is 14.5 Å². The molecule has 0 bridgehead atoms. The van der Waals surface area contributed by atoms with Gasteiger partial charge in [0.25, 0.3) is 0 Å². The van der Waals surface area contributed by atoms with Crippen LogP contribution in [0.25, 0.3) is 0 Å². The third-order valence-corrected chi connectivity index (χ3v) is 8.71. The zero-order valence-electron chi connectivity index (χ0n) is 19.5. The van der Waals surface area contributed by atoms with Crippen LogP contribution >= 0.6 is 0 Å². The molecule has 0 aromatic heterocycles. The number of halogens is 3. The van der Waals surface area contributed by atoms with Crippen molar-refractivity contribution < 1.29 is 26.4 Å². The highest BCUT2D eigenvalue weighted by molar-refractivity contribution is 7.89. The first kappa shape index (κ1) is 25.7. The Morgan fingerprint density at radius 1 is 1.03 bits per heavy atom. The number of alkyl halides is 3. The topological polar surface area (TPSA) is 69.7 Å². The zero-order valence-corrected chi connectivity index (χ0v) is 20.4. The lowest BCUT2D eigenvalue weighted by Gasteiger charge is -2.39. The first-order chi connectivity index (χ1) is 16.6. The molecular formula is C25H30F3N3O3S. The van der Waals surface area contributed by atoms with E-state index in [0.717, 1.165) is 17.7 Å². The first-order valence-electron chi connectivity index (χ1n) is 11.8. The molecule has 1 N–H and O–H groups in total. The minimum absolute atomic E-state index is 0.0338. The molecule has 2 fully saturated rings. The molecule has 1 aliphatic heterocycles. The van der Waals surface area contributed by atoms with Crippen molar-refractivity contribution in [1.29, 1.82) is 0 Å². The normalized spacial score (nSPS) is 18.6. The van der Waals surface area contributed by atoms with E-state index in [-0.39, 0.29) is 28.9 Å². The van der Waals surface area contributed by atoms with E-state index in [1.165, 1.54) is 10.4 Å². The molecule has 1 saturated carbocycles. The van der Waals surface area contributed by atoms with Crippen molar-refractivity contribution >= 4 is 15.9 Å². The van der Waals surface area contributed by atoms with Crippen LogP contribution in [0.1, 0.15) is 36.8 Å². The number of hydrogen-bond donors (Lipinski definition) is 1. The molecule has 2 aromatic carbocycles. The minimum atomic E-state index is -4.62. The van der Waals surface area contributed by atoms with Crippen LogP contribution in [-0.4, -0.2) is 61.8 Å². The summed E-state index contributed by atoms with van der Waals surface area (Å²) in [6, 6.07) is 12.7. The van der Waals surface area contributed by atoms with Gasteiger partial charge >= 0.3 is 6.18 Å². The van der Waals surface area contributed by atoms with Crippen LogP contribution in [0.2, 0.25) is 0 Å². The van der Waals surface area contributed by atoms with Crippen LogP contribution in [0.15, 0.2) is 59.5 Å². The quantitative estimate of drug-likeness (QED) is 0.590. The fraction of sp³-hybridized carbons (Fsp3) is 0.480. The SMILES string of the molecule is CNC(Cc1ccccc1)C(=O)N1CCC(N(C2CC2)S(=O)(=O)c2cccc(C(F)(F)F)c2)CC1. The summed E-state index contributed by atoms with van der Waals surface area (Å²) < 4.78 is 67.8. The Hall–Kier alpha value is -2.43. The lowest BCUT2D eigenvalue weighted by atomic mass is 10.0. The molecule has 0 spiro atoms. The summed E-state index contributed by atoms with van der Waals surface area (Å²) in [7, 11) is -2.36. The van der Waals surface area contributed by atoms with Crippen LogP contribution in [-0.2, 0) is 27.4 Å². The third kappa shape index (κ3) is 5.87. The number of hydrogen-bond acceptors (Lipinski definition) is 4. The van der Waals surface area contributed by atoms with Crippen molar-refractivity contribution in [2.24, 2.45) is 0 Å². The van der Waals surface area contributed by atoms with Crippen molar-refractivity contribution in [3.63, 3.8) is 0 Å². The van der Waals surface area contributed by atoms with E-state index in [1.54, 1.807) is 11.9 Å². The molecule has 190 valence electrons. The standard InChI is InChI=1S/C25H30F3N3O3S/c1-29-23(16-18-6-3-2-4-7-18)24(32)30-14-12-21(13-15-30)31(20-10-11-20)35(33,34)22-9-5-8-19(17-22)25(26,27)28/h2-9,17,20-21,23,29H,10-16H2,1H3. The summed E-state index contributed by atoms with van der Waals surface area (Å²) in [5.74, 6) is -0.0338. The van der Waals surface area contributed by atoms with Crippen molar-refractivity contribution in [3.05, 3.63) is 65.7 Å². The Bertz CT molecular complexity index is 1130. The molecule has 4 rings (SSSR count). The van der Waals surface area contributed by atoms with Crippen LogP contribution in [0.5, 0.6) is 0 Å². The average molecular weight is 510 g/mol. The summed E-state index contributed by atoms with van der Waals surface area (Å²) in [6.07, 6.45) is -1.80. The molecule has 6 nitrogen and oxygen atoms in total. The van der Waals surface area contributed by atoms with Gasteiger partial charge in [-0.3, -0.25) is 4.79 Å². The number of carbonyl (C=O) groups is 1. The van der Waals surface area contributed by atoms with Gasteiger partial charge in [0, 0.05) is 25.2 Å². The molecule has 1 saturated heterocycles. The predicted octanol–water partition coefficient (Wildman–Crippen LogP) is 3.68. The Morgan fingerprint density at radius 3 is 2.23 bits per heavy atom. The number of piperidine rings is 1. The van der Waals surface area contributed by atoms with Gasteiger partial charge in [0.2, 0.25) is 15.9 Å². The van der Waals surface area contributed by atoms with Gasteiger partial charge in [-0.2, -0.15) is 17.5 Å².